The summed E-state index contributed by atoms with van der Waals surface area (Å²) < 4.78 is 3.13. The van der Waals surface area contributed by atoms with Crippen LogP contribution in [0.4, 0.5) is 4.79 Å². The summed E-state index contributed by atoms with van der Waals surface area (Å²) in [6.45, 7) is 5.68. The lowest BCUT2D eigenvalue weighted by Crippen LogP contribution is -2.37. The molecule has 2 saturated heterocycles. The predicted molar refractivity (Wildman–Crippen MR) is 87.2 cm³/mol. The van der Waals surface area contributed by atoms with Gasteiger partial charge in [-0.2, -0.15) is 0 Å². The van der Waals surface area contributed by atoms with Crippen molar-refractivity contribution in [2.75, 3.05) is 32.7 Å². The molecule has 3 heterocycles. The summed E-state index contributed by atoms with van der Waals surface area (Å²) in [4.78, 5) is 19.7. The monoisotopic (exact) mass is 370 g/mol. The molecule has 1 amide bonds. The summed E-state index contributed by atoms with van der Waals surface area (Å²) in [5, 5.41) is 9.05. The first-order valence-corrected chi connectivity index (χ1v) is 8.85. The van der Waals surface area contributed by atoms with Gasteiger partial charge in [-0.1, -0.05) is 0 Å². The third kappa shape index (κ3) is 3.63. The summed E-state index contributed by atoms with van der Waals surface area (Å²) in [5.74, 6) is 1.47. The molecule has 0 saturated carbocycles. The van der Waals surface area contributed by atoms with Crippen LogP contribution >= 0.6 is 15.9 Å². The molecular weight excluding hydrogens is 348 g/mol. The Kier molecular flexibility index (Phi) is 5.03. The van der Waals surface area contributed by atoms with Crippen molar-refractivity contribution in [3.8, 4) is 0 Å². The van der Waals surface area contributed by atoms with E-state index in [1.54, 1.807) is 0 Å². The van der Waals surface area contributed by atoms with Crippen molar-refractivity contribution in [1.29, 1.82) is 0 Å². The van der Waals surface area contributed by atoms with Crippen LogP contribution in [-0.2, 0) is 6.54 Å². The average molecular weight is 371 g/mol. The molecule has 3 rings (SSSR count). The maximum atomic E-state index is 11.0. The van der Waals surface area contributed by atoms with E-state index in [1.165, 1.54) is 30.8 Å². The first-order valence-electron chi connectivity index (χ1n) is 8.06. The van der Waals surface area contributed by atoms with E-state index in [1.807, 2.05) is 0 Å². The second-order valence-corrected chi connectivity index (χ2v) is 7.02. The zero-order valence-corrected chi connectivity index (χ0v) is 14.3. The molecular formula is C15H23BrN4O2. The molecule has 2 fully saturated rings. The molecule has 0 aromatic carbocycles. The van der Waals surface area contributed by atoms with Crippen LogP contribution in [-0.4, -0.2) is 63.3 Å². The number of hydrogen-bond donors (Lipinski definition) is 1. The van der Waals surface area contributed by atoms with Gasteiger partial charge in [0.2, 0.25) is 0 Å². The number of halogens is 1. The molecule has 0 radical (unpaired) electrons. The Bertz CT molecular complexity index is 520. The zero-order valence-electron chi connectivity index (χ0n) is 12.7. The van der Waals surface area contributed by atoms with Crippen LogP contribution in [0.1, 0.15) is 37.4 Å². The van der Waals surface area contributed by atoms with Gasteiger partial charge in [0.15, 0.2) is 0 Å². The zero-order chi connectivity index (χ0) is 15.5. The Hall–Kier alpha value is -1.08. The SMILES string of the molecule is O=C(O)N1CCC(c2nc(Br)cn2CCN2CCCC2)CC1. The smallest absolute Gasteiger partial charge is 0.407 e. The highest BCUT2D eigenvalue weighted by Gasteiger charge is 2.26. The normalized spacial score (nSPS) is 20.7. The fraction of sp³-hybridized carbons (Fsp3) is 0.733. The van der Waals surface area contributed by atoms with Gasteiger partial charge in [0.1, 0.15) is 10.4 Å². The molecule has 2 aliphatic heterocycles. The van der Waals surface area contributed by atoms with Gasteiger partial charge >= 0.3 is 6.09 Å². The number of carboxylic acid groups (broad SMARTS) is 1. The Labute approximate surface area is 139 Å². The molecule has 7 heteroatoms. The number of likely N-dealkylation sites (tertiary alicyclic amines) is 2. The van der Waals surface area contributed by atoms with Gasteiger partial charge in [-0.3, -0.25) is 0 Å². The van der Waals surface area contributed by atoms with E-state index < -0.39 is 6.09 Å². The molecule has 0 atom stereocenters. The second-order valence-electron chi connectivity index (χ2n) is 6.21. The molecule has 0 unspecified atom stereocenters. The van der Waals surface area contributed by atoms with Gasteiger partial charge in [-0.25, -0.2) is 9.78 Å². The molecule has 6 nitrogen and oxygen atoms in total. The fourth-order valence-corrected chi connectivity index (χ4v) is 3.92. The van der Waals surface area contributed by atoms with E-state index >= 15 is 0 Å². The molecule has 2 aliphatic rings. The molecule has 0 aliphatic carbocycles. The topological polar surface area (TPSA) is 61.6 Å². The van der Waals surface area contributed by atoms with Crippen LogP contribution in [0.2, 0.25) is 0 Å². The standard InChI is InChI=1S/C15H23BrN4O2/c16-13-11-20(10-9-18-5-1-2-6-18)14(17-13)12-3-7-19(8-4-12)15(21)22/h11-12H,1-10H2,(H,21,22). The quantitative estimate of drug-likeness (QED) is 0.884. The van der Waals surface area contributed by atoms with Crippen molar-refractivity contribution in [3.05, 3.63) is 16.6 Å². The van der Waals surface area contributed by atoms with Crippen LogP contribution in [0.5, 0.6) is 0 Å². The molecule has 0 spiro atoms. The highest BCUT2D eigenvalue weighted by atomic mass is 79.9. The van der Waals surface area contributed by atoms with Crippen molar-refractivity contribution in [1.82, 2.24) is 19.4 Å². The molecule has 22 heavy (non-hydrogen) atoms. The molecule has 1 aromatic heterocycles. The van der Waals surface area contributed by atoms with Crippen molar-refractivity contribution in [3.63, 3.8) is 0 Å². The highest BCUT2D eigenvalue weighted by Crippen LogP contribution is 2.28. The summed E-state index contributed by atoms with van der Waals surface area (Å²) >= 11 is 3.49. The van der Waals surface area contributed by atoms with Crippen LogP contribution in [0, 0.1) is 0 Å². The Morgan fingerprint density at radius 2 is 1.91 bits per heavy atom. The highest BCUT2D eigenvalue weighted by molar-refractivity contribution is 9.10. The van der Waals surface area contributed by atoms with Crippen molar-refractivity contribution in [2.45, 2.75) is 38.1 Å². The summed E-state index contributed by atoms with van der Waals surface area (Å²) in [6, 6.07) is 0. The maximum absolute atomic E-state index is 11.0. The number of carbonyl (C=O) groups is 1. The Morgan fingerprint density at radius 3 is 2.55 bits per heavy atom. The number of nitrogens with zero attached hydrogens (tertiary/aromatic N) is 4. The Balaban J connectivity index is 1.62. The van der Waals surface area contributed by atoms with Gasteiger partial charge in [0.05, 0.1) is 0 Å². The number of piperidine rings is 1. The van der Waals surface area contributed by atoms with Gasteiger partial charge in [-0.05, 0) is 54.7 Å². The van der Waals surface area contributed by atoms with Crippen LogP contribution in [0.25, 0.3) is 0 Å². The number of aromatic nitrogens is 2. The van der Waals surface area contributed by atoms with E-state index in [0.29, 0.717) is 19.0 Å². The van der Waals surface area contributed by atoms with Crippen LogP contribution < -0.4 is 0 Å². The second kappa shape index (κ2) is 7.00. The van der Waals surface area contributed by atoms with Crippen molar-refractivity contribution >= 4 is 22.0 Å². The number of hydrogen-bond acceptors (Lipinski definition) is 3. The molecule has 0 bridgehead atoms. The lowest BCUT2D eigenvalue weighted by molar-refractivity contribution is 0.131. The minimum Gasteiger partial charge on any atom is -0.465 e. The third-order valence-corrected chi connectivity index (χ3v) is 5.15. The van der Waals surface area contributed by atoms with E-state index in [-0.39, 0.29) is 0 Å². The average Bonchev–Trinajstić information content (AvgIpc) is 3.14. The first kappa shape index (κ1) is 15.8. The van der Waals surface area contributed by atoms with Gasteiger partial charge in [-0.15, -0.1) is 0 Å². The minimum absolute atomic E-state index is 0.362. The number of amides is 1. The Morgan fingerprint density at radius 1 is 1.23 bits per heavy atom. The summed E-state index contributed by atoms with van der Waals surface area (Å²) in [6.07, 6.45) is 5.60. The maximum Gasteiger partial charge on any atom is 0.407 e. The van der Waals surface area contributed by atoms with Gasteiger partial charge in [0.25, 0.3) is 0 Å². The fourth-order valence-electron chi connectivity index (χ4n) is 3.49. The van der Waals surface area contributed by atoms with Crippen LogP contribution in [0.3, 0.4) is 0 Å². The van der Waals surface area contributed by atoms with Gasteiger partial charge < -0.3 is 19.5 Å². The van der Waals surface area contributed by atoms with E-state index in [4.69, 9.17) is 5.11 Å². The number of imidazole rings is 1. The predicted octanol–water partition coefficient (Wildman–Crippen LogP) is 2.60. The lowest BCUT2D eigenvalue weighted by atomic mass is 9.96. The van der Waals surface area contributed by atoms with Gasteiger partial charge in [0, 0.05) is 38.3 Å². The van der Waals surface area contributed by atoms with Crippen LogP contribution in [0.15, 0.2) is 10.8 Å². The molecule has 1 aromatic rings. The van der Waals surface area contributed by atoms with Crippen molar-refractivity contribution in [2.24, 2.45) is 0 Å². The summed E-state index contributed by atoms with van der Waals surface area (Å²) in [5.41, 5.74) is 0. The van der Waals surface area contributed by atoms with Crippen molar-refractivity contribution < 1.29 is 9.90 Å². The van der Waals surface area contributed by atoms with E-state index in [9.17, 15) is 4.79 Å². The third-order valence-electron chi connectivity index (χ3n) is 4.76. The minimum atomic E-state index is -0.808. The lowest BCUT2D eigenvalue weighted by Gasteiger charge is -2.30. The molecule has 122 valence electrons. The number of rotatable bonds is 4. The summed E-state index contributed by atoms with van der Waals surface area (Å²) in [7, 11) is 0. The first-order chi connectivity index (χ1) is 10.6. The largest absolute Gasteiger partial charge is 0.465 e. The van der Waals surface area contributed by atoms with E-state index in [2.05, 4.69) is 36.6 Å². The van der Waals surface area contributed by atoms with E-state index in [0.717, 1.165) is 36.4 Å². The molecule has 1 N–H and O–H groups in total.